The monoisotopic (exact) mass is 239 g/mol. The van der Waals surface area contributed by atoms with Gasteiger partial charge in [-0.15, -0.1) is 0 Å². The van der Waals surface area contributed by atoms with E-state index in [1.165, 1.54) is 5.75 Å². The molecule has 0 aromatic carbocycles. The summed E-state index contributed by atoms with van der Waals surface area (Å²) in [4.78, 5) is 11.3. The summed E-state index contributed by atoms with van der Waals surface area (Å²) in [5.74, 6) is 2.11. The molecule has 5 heteroatoms. The maximum Gasteiger partial charge on any atom is 0.252 e. The lowest BCUT2D eigenvalue weighted by Gasteiger charge is -2.08. The first-order valence-electron chi connectivity index (χ1n) is 5.56. The lowest BCUT2D eigenvalue weighted by atomic mass is 10.1. The van der Waals surface area contributed by atoms with Gasteiger partial charge in [0, 0.05) is 11.9 Å². The van der Waals surface area contributed by atoms with Crippen LogP contribution in [0.15, 0.2) is 6.20 Å². The predicted octanol–water partition coefficient (Wildman–Crippen LogP) is 1.78. The molecule has 1 aliphatic heterocycles. The number of nitrogens with zero attached hydrogens (tertiary/aromatic N) is 2. The third kappa shape index (κ3) is 2.09. The molecule has 2 N–H and O–H groups in total. The third-order valence-electron chi connectivity index (χ3n) is 2.85. The van der Waals surface area contributed by atoms with Crippen molar-refractivity contribution in [2.45, 2.75) is 32.2 Å². The number of primary amides is 1. The fourth-order valence-electron chi connectivity index (χ4n) is 1.94. The summed E-state index contributed by atoms with van der Waals surface area (Å²) in [5.41, 5.74) is 6.77. The standard InChI is InChI=1S/C11H17N3OS/c1-7(2)10-9(11(12)15)5-14(13-10)8-3-4-16-6-8/h5,7-8H,3-4,6H2,1-2H3,(H2,12,15). The molecule has 0 saturated carbocycles. The van der Waals surface area contributed by atoms with Gasteiger partial charge in [0.05, 0.1) is 17.3 Å². The molecule has 0 spiro atoms. The Balaban J connectivity index is 2.34. The topological polar surface area (TPSA) is 60.9 Å². The predicted molar refractivity (Wildman–Crippen MR) is 65.8 cm³/mol. The number of thioether (sulfide) groups is 1. The highest BCUT2D eigenvalue weighted by Crippen LogP contribution is 2.29. The van der Waals surface area contributed by atoms with Gasteiger partial charge in [-0.3, -0.25) is 9.48 Å². The molecule has 4 nitrogen and oxygen atoms in total. The SMILES string of the molecule is CC(C)c1nn(C2CCSC2)cc1C(N)=O. The Labute approximate surface area is 99.6 Å². The van der Waals surface area contributed by atoms with Gasteiger partial charge in [0.1, 0.15) is 0 Å². The minimum absolute atomic E-state index is 0.234. The first kappa shape index (κ1) is 11.5. The second-order valence-corrected chi connectivity index (χ2v) is 5.59. The summed E-state index contributed by atoms with van der Waals surface area (Å²) in [7, 11) is 0. The maximum absolute atomic E-state index is 11.3. The van der Waals surface area contributed by atoms with Crippen molar-refractivity contribution in [2.75, 3.05) is 11.5 Å². The Morgan fingerprint density at radius 2 is 2.44 bits per heavy atom. The summed E-state index contributed by atoms with van der Waals surface area (Å²) >= 11 is 1.93. The molecule has 1 aromatic rings. The Morgan fingerprint density at radius 1 is 1.69 bits per heavy atom. The normalized spacial score (nSPS) is 20.6. The molecule has 1 unspecified atom stereocenters. The Hall–Kier alpha value is -0.970. The number of rotatable bonds is 3. The highest BCUT2D eigenvalue weighted by molar-refractivity contribution is 7.99. The molecule has 2 rings (SSSR count). The highest BCUT2D eigenvalue weighted by atomic mass is 32.2. The average Bonchev–Trinajstić information content (AvgIpc) is 2.86. The van der Waals surface area contributed by atoms with Gasteiger partial charge in [0.15, 0.2) is 0 Å². The fraction of sp³-hybridized carbons (Fsp3) is 0.636. The summed E-state index contributed by atoms with van der Waals surface area (Å²) in [6.07, 6.45) is 2.94. The van der Waals surface area contributed by atoms with Gasteiger partial charge >= 0.3 is 0 Å². The van der Waals surface area contributed by atoms with Crippen LogP contribution in [0.1, 0.15) is 48.3 Å². The maximum atomic E-state index is 11.3. The Bertz CT molecular complexity index is 394. The van der Waals surface area contributed by atoms with Gasteiger partial charge in [-0.25, -0.2) is 0 Å². The molecule has 16 heavy (non-hydrogen) atoms. The van der Waals surface area contributed by atoms with E-state index in [4.69, 9.17) is 5.73 Å². The minimum Gasteiger partial charge on any atom is -0.365 e. The largest absolute Gasteiger partial charge is 0.365 e. The van der Waals surface area contributed by atoms with Crippen LogP contribution < -0.4 is 5.73 Å². The van der Waals surface area contributed by atoms with Crippen LogP contribution in [0.5, 0.6) is 0 Å². The van der Waals surface area contributed by atoms with Gasteiger partial charge in [-0.2, -0.15) is 16.9 Å². The smallest absolute Gasteiger partial charge is 0.252 e. The molecule has 2 heterocycles. The molecule has 1 saturated heterocycles. The number of carbonyl (C=O) groups is 1. The first-order valence-corrected chi connectivity index (χ1v) is 6.71. The van der Waals surface area contributed by atoms with Crippen molar-refractivity contribution in [1.82, 2.24) is 9.78 Å². The van der Waals surface area contributed by atoms with Crippen molar-refractivity contribution in [3.05, 3.63) is 17.5 Å². The van der Waals surface area contributed by atoms with Crippen molar-refractivity contribution in [3.63, 3.8) is 0 Å². The van der Waals surface area contributed by atoms with E-state index < -0.39 is 0 Å². The lowest BCUT2D eigenvalue weighted by Crippen LogP contribution is -2.12. The van der Waals surface area contributed by atoms with Crippen LogP contribution in [0.4, 0.5) is 0 Å². The molecule has 0 radical (unpaired) electrons. The van der Waals surface area contributed by atoms with E-state index in [1.807, 2.05) is 36.5 Å². The summed E-state index contributed by atoms with van der Waals surface area (Å²) < 4.78 is 1.93. The molecular weight excluding hydrogens is 222 g/mol. The zero-order valence-corrected chi connectivity index (χ0v) is 10.5. The quantitative estimate of drug-likeness (QED) is 0.874. The summed E-state index contributed by atoms with van der Waals surface area (Å²) in [6, 6.07) is 0.426. The molecule has 0 bridgehead atoms. The molecule has 88 valence electrons. The number of carbonyl (C=O) groups excluding carboxylic acids is 1. The Morgan fingerprint density at radius 3 is 2.88 bits per heavy atom. The molecular formula is C11H17N3OS. The molecule has 1 fully saturated rings. The average molecular weight is 239 g/mol. The van der Waals surface area contributed by atoms with Crippen molar-refractivity contribution in [2.24, 2.45) is 5.73 Å². The zero-order valence-electron chi connectivity index (χ0n) is 9.64. The Kier molecular flexibility index (Phi) is 3.23. The van der Waals surface area contributed by atoms with Crippen molar-refractivity contribution >= 4 is 17.7 Å². The van der Waals surface area contributed by atoms with E-state index in [-0.39, 0.29) is 11.8 Å². The van der Waals surface area contributed by atoms with E-state index in [1.54, 1.807) is 0 Å². The van der Waals surface area contributed by atoms with E-state index >= 15 is 0 Å². The van der Waals surface area contributed by atoms with Gasteiger partial charge in [-0.05, 0) is 18.1 Å². The second-order valence-electron chi connectivity index (χ2n) is 4.44. The van der Waals surface area contributed by atoms with E-state index in [0.29, 0.717) is 11.6 Å². The van der Waals surface area contributed by atoms with Crippen molar-refractivity contribution in [1.29, 1.82) is 0 Å². The van der Waals surface area contributed by atoms with Gasteiger partial charge in [0.25, 0.3) is 5.91 Å². The minimum atomic E-state index is -0.374. The molecule has 1 aliphatic rings. The number of aromatic nitrogens is 2. The van der Waals surface area contributed by atoms with Gasteiger partial charge in [-0.1, -0.05) is 13.8 Å². The van der Waals surface area contributed by atoms with E-state index in [2.05, 4.69) is 5.10 Å². The lowest BCUT2D eigenvalue weighted by molar-refractivity contribution is 0.0999. The van der Waals surface area contributed by atoms with Crippen LogP contribution in [0, 0.1) is 0 Å². The molecule has 1 amide bonds. The summed E-state index contributed by atoms with van der Waals surface area (Å²) in [6.45, 7) is 4.06. The summed E-state index contributed by atoms with van der Waals surface area (Å²) in [5, 5.41) is 4.52. The second kappa shape index (κ2) is 4.49. The van der Waals surface area contributed by atoms with Crippen LogP contribution in [0.25, 0.3) is 0 Å². The van der Waals surface area contributed by atoms with Crippen LogP contribution in [-0.2, 0) is 0 Å². The first-order chi connectivity index (χ1) is 7.59. The zero-order chi connectivity index (χ0) is 11.7. The van der Waals surface area contributed by atoms with Crippen LogP contribution in [0.3, 0.4) is 0 Å². The number of nitrogens with two attached hydrogens (primary N) is 1. The van der Waals surface area contributed by atoms with Gasteiger partial charge in [0.2, 0.25) is 0 Å². The van der Waals surface area contributed by atoms with E-state index in [9.17, 15) is 4.79 Å². The third-order valence-corrected chi connectivity index (χ3v) is 4.00. The van der Waals surface area contributed by atoms with Crippen LogP contribution in [0.2, 0.25) is 0 Å². The van der Waals surface area contributed by atoms with Crippen LogP contribution >= 0.6 is 11.8 Å². The molecule has 0 aliphatic carbocycles. The number of hydrogen-bond donors (Lipinski definition) is 1. The van der Waals surface area contributed by atoms with Crippen molar-refractivity contribution < 1.29 is 4.79 Å². The number of amides is 1. The van der Waals surface area contributed by atoms with Crippen molar-refractivity contribution in [3.8, 4) is 0 Å². The highest BCUT2D eigenvalue weighted by Gasteiger charge is 2.22. The van der Waals surface area contributed by atoms with E-state index in [0.717, 1.165) is 17.9 Å². The molecule has 1 aromatic heterocycles. The fourth-order valence-corrected chi connectivity index (χ4v) is 3.14. The number of hydrogen-bond acceptors (Lipinski definition) is 3. The molecule has 1 atom stereocenters. The van der Waals surface area contributed by atoms with Gasteiger partial charge < -0.3 is 5.73 Å². The van der Waals surface area contributed by atoms with Crippen LogP contribution in [-0.4, -0.2) is 27.2 Å².